The van der Waals surface area contributed by atoms with Crippen LogP contribution in [0.1, 0.15) is 98.8 Å². The summed E-state index contributed by atoms with van der Waals surface area (Å²) in [7, 11) is 0. The lowest BCUT2D eigenvalue weighted by atomic mass is 9.47. The van der Waals surface area contributed by atoms with E-state index in [-0.39, 0.29) is 6.10 Å². The van der Waals surface area contributed by atoms with Crippen molar-refractivity contribution in [1.29, 1.82) is 0 Å². The van der Waals surface area contributed by atoms with Crippen molar-refractivity contribution < 1.29 is 5.11 Å². The maximum atomic E-state index is 10.2. The molecule has 0 aromatic carbocycles. The second-order valence-corrected chi connectivity index (χ2v) is 12.3. The maximum absolute atomic E-state index is 10.2. The Morgan fingerprint density at radius 3 is 2.52 bits per heavy atom. The Bertz CT molecular complexity index is 626. The number of nitrogens with two attached hydrogens (primary N) is 1. The van der Waals surface area contributed by atoms with Gasteiger partial charge in [0.25, 0.3) is 0 Å². The zero-order chi connectivity index (χ0) is 21.0. The minimum atomic E-state index is -0.0892. The maximum Gasteiger partial charge on any atom is 0.0577 e. The monoisotopic (exact) mass is 401 g/mol. The first-order chi connectivity index (χ1) is 13.7. The van der Waals surface area contributed by atoms with Crippen molar-refractivity contribution in [3.05, 3.63) is 11.6 Å². The third-order valence-electron chi connectivity index (χ3n) is 10.6. The van der Waals surface area contributed by atoms with Crippen molar-refractivity contribution in [2.24, 2.45) is 52.1 Å². The number of fused-ring (bicyclic) bond motifs is 5. The van der Waals surface area contributed by atoms with Crippen LogP contribution < -0.4 is 5.73 Å². The molecule has 9 atom stereocenters. The zero-order valence-corrected chi connectivity index (χ0v) is 19.8. The van der Waals surface area contributed by atoms with Crippen molar-refractivity contribution in [2.45, 2.75) is 111 Å². The van der Waals surface area contributed by atoms with Crippen LogP contribution in [-0.2, 0) is 0 Å². The second-order valence-electron chi connectivity index (χ2n) is 12.3. The summed E-state index contributed by atoms with van der Waals surface area (Å²) in [4.78, 5) is 0. The standard InChI is InChI=1S/C27H47NO/c1-17(2)25(28)11-6-18(3)22-9-10-23-21-8-7-19-16-20(29)12-14-26(19,4)24(21)13-15-27(22,23)5/h7,17-18,20-25,29H,6,8-16,28H2,1-5H3/t18-,20+,21+,22-,23+,24+,25?,26+,27-/m1/s1. The Labute approximate surface area is 180 Å². The molecular formula is C27H47NO. The van der Waals surface area contributed by atoms with Gasteiger partial charge in [-0.25, -0.2) is 0 Å². The lowest BCUT2D eigenvalue weighted by molar-refractivity contribution is -0.0573. The number of hydrogen-bond donors (Lipinski definition) is 2. The molecule has 3 N–H and O–H groups in total. The summed E-state index contributed by atoms with van der Waals surface area (Å²) < 4.78 is 0. The van der Waals surface area contributed by atoms with Crippen LogP contribution in [0.5, 0.6) is 0 Å². The fourth-order valence-corrected chi connectivity index (χ4v) is 8.61. The van der Waals surface area contributed by atoms with Crippen molar-refractivity contribution in [1.82, 2.24) is 0 Å². The molecule has 166 valence electrons. The van der Waals surface area contributed by atoms with E-state index in [4.69, 9.17) is 5.73 Å². The van der Waals surface area contributed by atoms with E-state index in [0.29, 0.717) is 22.8 Å². The second kappa shape index (κ2) is 7.97. The van der Waals surface area contributed by atoms with E-state index in [0.717, 1.165) is 42.4 Å². The number of hydrogen-bond acceptors (Lipinski definition) is 2. The van der Waals surface area contributed by atoms with Crippen LogP contribution >= 0.6 is 0 Å². The Balaban J connectivity index is 1.49. The third kappa shape index (κ3) is 3.65. The van der Waals surface area contributed by atoms with Gasteiger partial charge in [-0.15, -0.1) is 0 Å². The minimum Gasteiger partial charge on any atom is -0.393 e. The number of aliphatic hydroxyl groups is 1. The van der Waals surface area contributed by atoms with Gasteiger partial charge in [0, 0.05) is 6.04 Å². The molecule has 0 bridgehead atoms. The molecule has 0 heterocycles. The topological polar surface area (TPSA) is 46.2 Å². The summed E-state index contributed by atoms with van der Waals surface area (Å²) in [5.41, 5.74) is 8.89. The molecule has 2 heteroatoms. The van der Waals surface area contributed by atoms with E-state index < -0.39 is 0 Å². The molecule has 0 radical (unpaired) electrons. The van der Waals surface area contributed by atoms with Crippen molar-refractivity contribution in [3.8, 4) is 0 Å². The Morgan fingerprint density at radius 2 is 1.79 bits per heavy atom. The minimum absolute atomic E-state index is 0.0892. The predicted octanol–water partition coefficient (Wildman–Crippen LogP) is 6.33. The molecule has 1 unspecified atom stereocenters. The number of rotatable bonds is 5. The summed E-state index contributed by atoms with van der Waals surface area (Å²) in [6.45, 7) is 12.3. The van der Waals surface area contributed by atoms with E-state index in [2.05, 4.69) is 40.7 Å². The molecule has 0 aliphatic heterocycles. The Hall–Kier alpha value is -0.340. The van der Waals surface area contributed by atoms with Crippen LogP contribution in [0.25, 0.3) is 0 Å². The summed E-state index contributed by atoms with van der Waals surface area (Å²) in [5, 5.41) is 10.2. The average molecular weight is 402 g/mol. The zero-order valence-electron chi connectivity index (χ0n) is 19.8. The highest BCUT2D eigenvalue weighted by molar-refractivity contribution is 5.25. The molecule has 0 amide bonds. The van der Waals surface area contributed by atoms with Gasteiger partial charge in [-0.2, -0.15) is 0 Å². The lowest BCUT2D eigenvalue weighted by Crippen LogP contribution is -2.50. The highest BCUT2D eigenvalue weighted by atomic mass is 16.3. The van der Waals surface area contributed by atoms with Gasteiger partial charge in [-0.1, -0.05) is 46.3 Å². The van der Waals surface area contributed by atoms with Crippen molar-refractivity contribution in [2.75, 3.05) is 0 Å². The molecule has 4 rings (SSSR count). The molecule has 4 aliphatic rings. The number of allylic oxidation sites excluding steroid dienone is 1. The van der Waals surface area contributed by atoms with E-state index in [1.165, 1.54) is 51.4 Å². The van der Waals surface area contributed by atoms with Gasteiger partial charge in [0.2, 0.25) is 0 Å². The molecule has 0 saturated heterocycles. The lowest BCUT2D eigenvalue weighted by Gasteiger charge is -2.58. The van der Waals surface area contributed by atoms with Crippen LogP contribution in [-0.4, -0.2) is 17.3 Å². The molecule has 3 saturated carbocycles. The van der Waals surface area contributed by atoms with Gasteiger partial charge in [-0.05, 0) is 111 Å². The fraction of sp³-hybridized carbons (Fsp3) is 0.926. The molecule has 0 aromatic heterocycles. The summed E-state index contributed by atoms with van der Waals surface area (Å²) in [6.07, 6.45) is 15.1. The smallest absolute Gasteiger partial charge is 0.0577 e. The van der Waals surface area contributed by atoms with Crippen molar-refractivity contribution >= 4 is 0 Å². The van der Waals surface area contributed by atoms with Gasteiger partial charge in [0.15, 0.2) is 0 Å². The first-order valence-corrected chi connectivity index (χ1v) is 12.8. The Morgan fingerprint density at radius 1 is 1.03 bits per heavy atom. The van der Waals surface area contributed by atoms with E-state index in [1.54, 1.807) is 5.57 Å². The quantitative estimate of drug-likeness (QED) is 0.529. The highest BCUT2D eigenvalue weighted by Gasteiger charge is 2.59. The first-order valence-electron chi connectivity index (χ1n) is 12.8. The largest absolute Gasteiger partial charge is 0.393 e. The summed E-state index contributed by atoms with van der Waals surface area (Å²) >= 11 is 0. The van der Waals surface area contributed by atoms with Crippen LogP contribution in [0.4, 0.5) is 0 Å². The molecular weight excluding hydrogens is 354 g/mol. The van der Waals surface area contributed by atoms with Crippen LogP contribution in [0.2, 0.25) is 0 Å². The molecule has 0 spiro atoms. The van der Waals surface area contributed by atoms with E-state index in [9.17, 15) is 5.11 Å². The third-order valence-corrected chi connectivity index (χ3v) is 10.6. The molecule has 29 heavy (non-hydrogen) atoms. The normalized spacial score (nSPS) is 46.5. The van der Waals surface area contributed by atoms with Gasteiger partial charge in [-0.3, -0.25) is 0 Å². The summed E-state index contributed by atoms with van der Waals surface area (Å²) in [5.74, 6) is 4.95. The van der Waals surface area contributed by atoms with Gasteiger partial charge in [0.1, 0.15) is 0 Å². The molecule has 4 aliphatic carbocycles. The average Bonchev–Trinajstić information content (AvgIpc) is 3.03. The highest BCUT2D eigenvalue weighted by Crippen LogP contribution is 2.67. The van der Waals surface area contributed by atoms with Crippen LogP contribution in [0, 0.1) is 46.3 Å². The van der Waals surface area contributed by atoms with E-state index >= 15 is 0 Å². The Kier molecular flexibility index (Phi) is 6.01. The first kappa shape index (κ1) is 21.9. The predicted molar refractivity (Wildman–Crippen MR) is 122 cm³/mol. The van der Waals surface area contributed by atoms with Gasteiger partial charge >= 0.3 is 0 Å². The number of aliphatic hydroxyl groups excluding tert-OH is 1. The SMILES string of the molecule is CC(C)C(N)CC[C@@H](C)[C@H]1CC[C@H]2[C@@H]3CC=C4C[C@@H](O)CC[C@]4(C)[C@H]3CC[C@]12C. The van der Waals surface area contributed by atoms with Gasteiger partial charge in [0.05, 0.1) is 6.10 Å². The molecule has 3 fully saturated rings. The van der Waals surface area contributed by atoms with Crippen LogP contribution in [0.15, 0.2) is 11.6 Å². The van der Waals surface area contributed by atoms with Crippen molar-refractivity contribution in [3.63, 3.8) is 0 Å². The molecule has 0 aromatic rings. The van der Waals surface area contributed by atoms with Crippen LogP contribution in [0.3, 0.4) is 0 Å². The summed E-state index contributed by atoms with van der Waals surface area (Å²) in [6, 6.07) is 0.363. The molecule has 2 nitrogen and oxygen atoms in total. The van der Waals surface area contributed by atoms with E-state index in [1.807, 2.05) is 0 Å². The fourth-order valence-electron chi connectivity index (χ4n) is 8.61. The van der Waals surface area contributed by atoms with Gasteiger partial charge < -0.3 is 10.8 Å².